The average molecular weight is 430 g/mol. The first-order chi connectivity index (χ1) is 15.4. The normalized spacial score (nSPS) is 15.8. The lowest BCUT2D eigenvalue weighted by molar-refractivity contribution is -0.120. The number of rotatable bonds is 3. The van der Waals surface area contributed by atoms with Crippen molar-refractivity contribution in [2.24, 2.45) is 0 Å². The number of fused-ring (bicyclic) bond motifs is 1. The molecule has 0 aliphatic carbocycles. The number of para-hydroxylation sites is 1. The zero-order valence-corrected chi connectivity index (χ0v) is 17.7. The molecule has 2 aliphatic rings. The molecule has 0 bridgehead atoms. The van der Waals surface area contributed by atoms with E-state index in [0.717, 1.165) is 51.9 Å². The van der Waals surface area contributed by atoms with E-state index in [1.807, 2.05) is 55.1 Å². The average Bonchev–Trinajstić information content (AvgIpc) is 3.28. The van der Waals surface area contributed by atoms with Gasteiger partial charge in [-0.1, -0.05) is 42.0 Å². The molecule has 0 spiro atoms. The van der Waals surface area contributed by atoms with Crippen molar-refractivity contribution >= 4 is 28.8 Å². The highest BCUT2D eigenvalue weighted by molar-refractivity contribution is 6.46. The molecule has 2 heterocycles. The van der Waals surface area contributed by atoms with E-state index in [1.165, 1.54) is 0 Å². The topological polar surface area (TPSA) is 40.6 Å². The van der Waals surface area contributed by atoms with Crippen LogP contribution in [-0.2, 0) is 16.0 Å². The number of hydrogen-bond acceptors (Lipinski definition) is 3. The number of aryl methyl sites for hydroxylation is 2. The molecule has 3 aromatic carbocycles. The number of anilines is 2. The van der Waals surface area contributed by atoms with Gasteiger partial charge in [-0.3, -0.25) is 9.59 Å². The number of carbonyl (C=O) groups is 2. The Morgan fingerprint density at radius 3 is 2.41 bits per heavy atom. The Balaban J connectivity index is 1.74. The maximum absolute atomic E-state index is 14.6. The van der Waals surface area contributed by atoms with Crippen LogP contribution in [0.1, 0.15) is 22.3 Å². The molecule has 0 saturated carbocycles. The molecular weight excluding hydrogens is 410 g/mol. The molecule has 5 rings (SSSR count). The predicted octanol–water partition coefficient (Wildman–Crippen LogP) is 4.93. The van der Waals surface area contributed by atoms with Crippen molar-refractivity contribution in [2.75, 3.05) is 16.3 Å². The number of halogens is 2. The predicted molar refractivity (Wildman–Crippen MR) is 119 cm³/mol. The van der Waals surface area contributed by atoms with Crippen molar-refractivity contribution in [3.63, 3.8) is 0 Å². The summed E-state index contributed by atoms with van der Waals surface area (Å²) in [5.41, 5.74) is 4.36. The van der Waals surface area contributed by atoms with E-state index in [0.29, 0.717) is 12.1 Å². The molecule has 0 fully saturated rings. The summed E-state index contributed by atoms with van der Waals surface area (Å²) in [6, 6.07) is 16.1. The van der Waals surface area contributed by atoms with Gasteiger partial charge in [0.2, 0.25) is 0 Å². The van der Waals surface area contributed by atoms with Gasteiger partial charge in [0, 0.05) is 18.3 Å². The third kappa shape index (κ3) is 3.02. The first-order valence-electron chi connectivity index (χ1n) is 10.4. The van der Waals surface area contributed by atoms with Crippen LogP contribution in [0.25, 0.3) is 5.57 Å². The Kier molecular flexibility index (Phi) is 4.66. The van der Waals surface area contributed by atoms with Crippen LogP contribution in [-0.4, -0.2) is 18.4 Å². The van der Waals surface area contributed by atoms with Gasteiger partial charge in [-0.25, -0.2) is 13.7 Å². The van der Waals surface area contributed by atoms with Crippen LogP contribution < -0.4 is 9.80 Å². The number of amides is 2. The lowest BCUT2D eigenvalue weighted by Gasteiger charge is -2.22. The van der Waals surface area contributed by atoms with E-state index in [9.17, 15) is 18.4 Å². The molecule has 3 aromatic rings. The quantitative estimate of drug-likeness (QED) is 0.554. The number of carbonyl (C=O) groups excluding carboxylic acids is 2. The summed E-state index contributed by atoms with van der Waals surface area (Å²) < 4.78 is 28.6. The standard InChI is InChI=1S/C26H20F2N2O2/c1-15-7-9-19(16(2)13-15)23-24(29-12-11-17-5-3-4-6-21(17)29)26(32)30(25(23)31)22-14-18(27)8-10-20(22)28/h3-10,13-14H,11-12H2,1-2H3. The van der Waals surface area contributed by atoms with Crippen LogP contribution in [0.5, 0.6) is 0 Å². The van der Waals surface area contributed by atoms with Crippen molar-refractivity contribution in [1.82, 2.24) is 0 Å². The molecule has 2 aliphatic heterocycles. The van der Waals surface area contributed by atoms with E-state index < -0.39 is 23.4 Å². The molecule has 6 heteroatoms. The van der Waals surface area contributed by atoms with Crippen LogP contribution >= 0.6 is 0 Å². The van der Waals surface area contributed by atoms with Crippen LogP contribution in [0.2, 0.25) is 0 Å². The summed E-state index contributed by atoms with van der Waals surface area (Å²) in [5, 5.41) is 0. The maximum Gasteiger partial charge on any atom is 0.282 e. The minimum absolute atomic E-state index is 0.190. The van der Waals surface area contributed by atoms with Gasteiger partial charge in [-0.15, -0.1) is 0 Å². The fourth-order valence-electron chi connectivity index (χ4n) is 4.55. The monoisotopic (exact) mass is 430 g/mol. The number of hydrogen-bond donors (Lipinski definition) is 0. The van der Waals surface area contributed by atoms with Gasteiger partial charge < -0.3 is 4.90 Å². The third-order valence-corrected chi connectivity index (χ3v) is 6.02. The fourth-order valence-corrected chi connectivity index (χ4v) is 4.55. The molecule has 2 amide bonds. The van der Waals surface area contributed by atoms with Crippen molar-refractivity contribution in [3.05, 3.63) is 100 Å². The SMILES string of the molecule is Cc1ccc(C2=C(N3CCc4ccccc43)C(=O)N(c3cc(F)ccc3F)C2=O)c(C)c1. The summed E-state index contributed by atoms with van der Waals surface area (Å²) in [7, 11) is 0. The van der Waals surface area contributed by atoms with Crippen LogP contribution in [0.15, 0.2) is 66.4 Å². The van der Waals surface area contributed by atoms with Gasteiger partial charge in [0.05, 0.1) is 11.3 Å². The molecule has 0 radical (unpaired) electrons. The van der Waals surface area contributed by atoms with Crippen LogP contribution in [0, 0.1) is 25.5 Å². The second kappa shape index (κ2) is 7.41. The second-order valence-corrected chi connectivity index (χ2v) is 8.11. The van der Waals surface area contributed by atoms with Gasteiger partial charge in [0.15, 0.2) is 0 Å². The number of benzene rings is 3. The Bertz CT molecular complexity index is 1330. The summed E-state index contributed by atoms with van der Waals surface area (Å²) in [4.78, 5) is 29.9. The second-order valence-electron chi connectivity index (χ2n) is 8.11. The molecular formula is C26H20F2N2O2. The van der Waals surface area contributed by atoms with Gasteiger partial charge in [-0.2, -0.15) is 0 Å². The smallest absolute Gasteiger partial charge is 0.282 e. The van der Waals surface area contributed by atoms with Gasteiger partial charge in [-0.05, 0) is 55.2 Å². The van der Waals surface area contributed by atoms with Gasteiger partial charge in [0.25, 0.3) is 11.8 Å². The zero-order valence-electron chi connectivity index (χ0n) is 17.7. The molecule has 0 aromatic heterocycles. The van der Waals surface area contributed by atoms with Crippen molar-refractivity contribution in [3.8, 4) is 0 Å². The lowest BCUT2D eigenvalue weighted by Crippen LogP contribution is -2.35. The minimum atomic E-state index is -0.837. The van der Waals surface area contributed by atoms with E-state index in [4.69, 9.17) is 0 Å². The molecule has 4 nitrogen and oxygen atoms in total. The Morgan fingerprint density at radius 2 is 1.62 bits per heavy atom. The van der Waals surface area contributed by atoms with Gasteiger partial charge >= 0.3 is 0 Å². The largest absolute Gasteiger partial charge is 0.336 e. The van der Waals surface area contributed by atoms with Crippen LogP contribution in [0.4, 0.5) is 20.2 Å². The zero-order chi connectivity index (χ0) is 22.6. The highest BCUT2D eigenvalue weighted by atomic mass is 19.1. The summed E-state index contributed by atoms with van der Waals surface area (Å²) in [6.45, 7) is 4.33. The Morgan fingerprint density at radius 1 is 0.844 bits per heavy atom. The third-order valence-electron chi connectivity index (χ3n) is 6.02. The molecule has 0 atom stereocenters. The Hall–Kier alpha value is -3.80. The van der Waals surface area contributed by atoms with E-state index in [-0.39, 0.29) is 17.0 Å². The summed E-state index contributed by atoms with van der Waals surface area (Å²) in [5.74, 6) is -2.89. The van der Waals surface area contributed by atoms with Crippen molar-refractivity contribution in [2.45, 2.75) is 20.3 Å². The van der Waals surface area contributed by atoms with E-state index >= 15 is 0 Å². The first-order valence-corrected chi connectivity index (χ1v) is 10.4. The van der Waals surface area contributed by atoms with Crippen molar-refractivity contribution in [1.29, 1.82) is 0 Å². The number of imide groups is 1. The van der Waals surface area contributed by atoms with Crippen LogP contribution in [0.3, 0.4) is 0 Å². The molecule has 32 heavy (non-hydrogen) atoms. The fraction of sp³-hybridized carbons (Fsp3) is 0.154. The van der Waals surface area contributed by atoms with Gasteiger partial charge in [0.1, 0.15) is 17.3 Å². The molecule has 160 valence electrons. The molecule has 0 unspecified atom stereocenters. The highest BCUT2D eigenvalue weighted by Crippen LogP contribution is 2.41. The first kappa shape index (κ1) is 20.1. The lowest BCUT2D eigenvalue weighted by atomic mass is 9.97. The van der Waals surface area contributed by atoms with E-state index in [2.05, 4.69) is 0 Å². The maximum atomic E-state index is 14.6. The summed E-state index contributed by atoms with van der Waals surface area (Å²) in [6.07, 6.45) is 0.718. The molecule has 0 saturated heterocycles. The Labute approximate surface area is 184 Å². The minimum Gasteiger partial charge on any atom is -0.336 e. The number of nitrogens with zero attached hydrogens (tertiary/aromatic N) is 2. The highest BCUT2D eigenvalue weighted by Gasteiger charge is 2.45. The molecule has 0 N–H and O–H groups in total. The van der Waals surface area contributed by atoms with Crippen molar-refractivity contribution < 1.29 is 18.4 Å². The summed E-state index contributed by atoms with van der Waals surface area (Å²) >= 11 is 0. The van der Waals surface area contributed by atoms with E-state index in [1.54, 1.807) is 6.07 Å².